The largest absolute Gasteiger partial charge is 0.495 e. The number of anilines is 1. The fourth-order valence-corrected chi connectivity index (χ4v) is 2.47. The molecule has 0 aliphatic carbocycles. The van der Waals surface area contributed by atoms with Gasteiger partial charge in [0, 0.05) is 25.0 Å². The van der Waals surface area contributed by atoms with Gasteiger partial charge in [-0.25, -0.2) is 0 Å². The van der Waals surface area contributed by atoms with Crippen LogP contribution < -0.4 is 15.0 Å². The lowest BCUT2D eigenvalue weighted by atomic mass is 10.1. The van der Waals surface area contributed by atoms with Crippen molar-refractivity contribution in [2.75, 3.05) is 32.2 Å². The second-order valence-corrected chi connectivity index (χ2v) is 5.44. The molecule has 0 unspecified atom stereocenters. The van der Waals surface area contributed by atoms with E-state index in [-0.39, 0.29) is 25.5 Å². The van der Waals surface area contributed by atoms with Crippen LogP contribution in [-0.4, -0.2) is 45.1 Å². The molecular formula is C15H17ClN2O5. The van der Waals surface area contributed by atoms with Gasteiger partial charge < -0.3 is 19.7 Å². The van der Waals surface area contributed by atoms with E-state index in [1.807, 2.05) is 0 Å². The summed E-state index contributed by atoms with van der Waals surface area (Å²) >= 11 is 5.97. The summed E-state index contributed by atoms with van der Waals surface area (Å²) in [5, 5.41) is 2.81. The smallest absolute Gasteiger partial charge is 0.311 e. The summed E-state index contributed by atoms with van der Waals surface area (Å²) in [6, 6.07) is 4.91. The molecule has 1 heterocycles. The van der Waals surface area contributed by atoms with Crippen molar-refractivity contribution in [2.45, 2.75) is 6.42 Å². The number of nitrogens with zero attached hydrogens (tertiary/aromatic N) is 1. The highest BCUT2D eigenvalue weighted by Crippen LogP contribution is 2.35. The molecule has 0 spiro atoms. The van der Waals surface area contributed by atoms with Crippen LogP contribution in [-0.2, 0) is 19.1 Å². The molecule has 0 radical (unpaired) electrons. The Morgan fingerprint density at radius 2 is 2.17 bits per heavy atom. The Morgan fingerprint density at radius 3 is 2.83 bits per heavy atom. The number of hydrogen-bond donors (Lipinski definition) is 1. The first kappa shape index (κ1) is 17.1. The van der Waals surface area contributed by atoms with Gasteiger partial charge in [0.1, 0.15) is 5.75 Å². The lowest BCUT2D eigenvalue weighted by Crippen LogP contribution is -2.29. The van der Waals surface area contributed by atoms with E-state index in [2.05, 4.69) is 5.32 Å². The van der Waals surface area contributed by atoms with Gasteiger partial charge in [-0.1, -0.05) is 11.6 Å². The molecule has 1 aromatic carbocycles. The standard InChI is InChI=1S/C15H17ClN2O5/c1-17-13(19)8-23-15(21)9-5-14(20)18(7-9)11-6-10(16)3-4-12(11)22-2/h3-4,6,9H,5,7-8H2,1-2H3,(H,17,19)/t9-/m1/s1. The van der Waals surface area contributed by atoms with Crippen molar-refractivity contribution in [1.82, 2.24) is 5.32 Å². The van der Waals surface area contributed by atoms with E-state index in [9.17, 15) is 14.4 Å². The molecule has 124 valence electrons. The summed E-state index contributed by atoms with van der Waals surface area (Å²) in [6.07, 6.45) is 0.0161. The molecule has 0 bridgehead atoms. The Kier molecular flexibility index (Phi) is 5.44. The number of rotatable bonds is 5. The molecule has 8 heteroatoms. The predicted molar refractivity (Wildman–Crippen MR) is 83.5 cm³/mol. The van der Waals surface area contributed by atoms with Crippen LogP contribution in [0.3, 0.4) is 0 Å². The van der Waals surface area contributed by atoms with Gasteiger partial charge in [-0.2, -0.15) is 0 Å². The first-order chi connectivity index (χ1) is 11.0. The number of amides is 2. The Hall–Kier alpha value is -2.28. The van der Waals surface area contributed by atoms with Gasteiger partial charge >= 0.3 is 5.97 Å². The summed E-state index contributed by atoms with van der Waals surface area (Å²) in [6.45, 7) is -0.206. The third-order valence-electron chi connectivity index (χ3n) is 3.51. The van der Waals surface area contributed by atoms with Crippen LogP contribution in [0.1, 0.15) is 6.42 Å². The number of hydrogen-bond acceptors (Lipinski definition) is 5. The van der Waals surface area contributed by atoms with Gasteiger partial charge in [-0.15, -0.1) is 0 Å². The average Bonchev–Trinajstić information content (AvgIpc) is 2.93. The Morgan fingerprint density at radius 1 is 1.43 bits per heavy atom. The maximum atomic E-state index is 12.2. The highest BCUT2D eigenvalue weighted by molar-refractivity contribution is 6.31. The maximum Gasteiger partial charge on any atom is 0.311 e. The molecular weight excluding hydrogens is 324 g/mol. The molecule has 1 fully saturated rings. The fraction of sp³-hybridized carbons (Fsp3) is 0.400. The van der Waals surface area contributed by atoms with Crippen molar-refractivity contribution in [1.29, 1.82) is 0 Å². The van der Waals surface area contributed by atoms with E-state index in [4.69, 9.17) is 21.1 Å². The zero-order valence-electron chi connectivity index (χ0n) is 12.8. The molecule has 1 aliphatic heterocycles. The van der Waals surface area contributed by atoms with Gasteiger partial charge in [-0.05, 0) is 18.2 Å². The van der Waals surface area contributed by atoms with Crippen molar-refractivity contribution in [2.24, 2.45) is 5.92 Å². The molecule has 23 heavy (non-hydrogen) atoms. The highest BCUT2D eigenvalue weighted by atomic mass is 35.5. The molecule has 0 aromatic heterocycles. The first-order valence-electron chi connectivity index (χ1n) is 6.97. The lowest BCUT2D eigenvalue weighted by Gasteiger charge is -2.19. The molecule has 1 saturated heterocycles. The molecule has 1 atom stereocenters. The molecule has 2 amide bonds. The molecule has 2 rings (SSSR count). The maximum absolute atomic E-state index is 12.2. The first-order valence-corrected chi connectivity index (χ1v) is 7.35. The van der Waals surface area contributed by atoms with Crippen LogP contribution in [0, 0.1) is 5.92 Å². The molecule has 1 N–H and O–H groups in total. The van der Waals surface area contributed by atoms with Crippen LogP contribution >= 0.6 is 11.6 Å². The molecule has 7 nitrogen and oxygen atoms in total. The number of benzene rings is 1. The number of carbonyl (C=O) groups is 3. The van der Waals surface area contributed by atoms with Crippen LogP contribution in [0.5, 0.6) is 5.75 Å². The number of likely N-dealkylation sites (N-methyl/N-ethyl adjacent to an activating group) is 1. The van der Waals surface area contributed by atoms with Crippen molar-refractivity contribution < 1.29 is 23.9 Å². The summed E-state index contributed by atoms with van der Waals surface area (Å²) < 4.78 is 10.1. The Labute approximate surface area is 138 Å². The zero-order chi connectivity index (χ0) is 17.0. The summed E-state index contributed by atoms with van der Waals surface area (Å²) in [5.41, 5.74) is 0.506. The van der Waals surface area contributed by atoms with Gasteiger partial charge in [0.2, 0.25) is 5.91 Å². The summed E-state index contributed by atoms with van der Waals surface area (Å²) in [5.74, 6) is -1.35. The highest BCUT2D eigenvalue weighted by Gasteiger charge is 2.37. The minimum absolute atomic E-state index is 0.0161. The second-order valence-electron chi connectivity index (χ2n) is 5.00. The van der Waals surface area contributed by atoms with E-state index < -0.39 is 17.8 Å². The quantitative estimate of drug-likeness (QED) is 0.808. The molecule has 1 aliphatic rings. The number of methoxy groups -OCH3 is 1. The third kappa shape index (κ3) is 3.92. The van der Waals surface area contributed by atoms with Gasteiger partial charge in [0.25, 0.3) is 5.91 Å². The Balaban J connectivity index is 2.09. The lowest BCUT2D eigenvalue weighted by molar-refractivity contribution is -0.152. The van der Waals surface area contributed by atoms with Crippen LogP contribution in [0.4, 0.5) is 5.69 Å². The van der Waals surface area contributed by atoms with E-state index in [0.29, 0.717) is 16.5 Å². The number of carbonyl (C=O) groups excluding carboxylic acids is 3. The van der Waals surface area contributed by atoms with Crippen molar-refractivity contribution >= 4 is 35.1 Å². The van der Waals surface area contributed by atoms with Crippen molar-refractivity contribution in [3.8, 4) is 5.75 Å². The topological polar surface area (TPSA) is 84.9 Å². The molecule has 1 aromatic rings. The van der Waals surface area contributed by atoms with Gasteiger partial charge in [-0.3, -0.25) is 14.4 Å². The van der Waals surface area contributed by atoms with Crippen LogP contribution in [0.25, 0.3) is 0 Å². The fourth-order valence-electron chi connectivity index (χ4n) is 2.30. The predicted octanol–water partition coefficient (Wildman–Crippen LogP) is 0.991. The van der Waals surface area contributed by atoms with Crippen LogP contribution in [0.2, 0.25) is 5.02 Å². The number of ether oxygens (including phenoxy) is 2. The van der Waals surface area contributed by atoms with Crippen molar-refractivity contribution in [3.63, 3.8) is 0 Å². The minimum atomic E-state index is -0.629. The number of halogens is 1. The molecule has 0 saturated carbocycles. The van der Waals surface area contributed by atoms with Gasteiger partial charge in [0.15, 0.2) is 6.61 Å². The SMILES string of the molecule is CNC(=O)COC(=O)[C@@H]1CC(=O)N(c2cc(Cl)ccc2OC)C1. The Bertz CT molecular complexity index is 634. The van der Waals surface area contributed by atoms with E-state index in [0.717, 1.165) is 0 Å². The van der Waals surface area contributed by atoms with E-state index >= 15 is 0 Å². The van der Waals surface area contributed by atoms with Crippen LogP contribution in [0.15, 0.2) is 18.2 Å². The summed E-state index contributed by atoms with van der Waals surface area (Å²) in [4.78, 5) is 36.7. The number of esters is 1. The summed E-state index contributed by atoms with van der Waals surface area (Å²) in [7, 11) is 2.94. The van der Waals surface area contributed by atoms with Gasteiger partial charge in [0.05, 0.1) is 18.7 Å². The average molecular weight is 341 g/mol. The monoisotopic (exact) mass is 340 g/mol. The third-order valence-corrected chi connectivity index (χ3v) is 3.75. The van der Waals surface area contributed by atoms with Crippen molar-refractivity contribution in [3.05, 3.63) is 23.2 Å². The minimum Gasteiger partial charge on any atom is -0.495 e. The normalized spacial score (nSPS) is 17.1. The number of nitrogens with one attached hydrogen (secondary N) is 1. The second kappa shape index (κ2) is 7.32. The van der Waals surface area contributed by atoms with E-state index in [1.165, 1.54) is 19.1 Å². The zero-order valence-corrected chi connectivity index (χ0v) is 13.6. The van der Waals surface area contributed by atoms with E-state index in [1.54, 1.807) is 18.2 Å².